The molecule has 0 aliphatic heterocycles. The third kappa shape index (κ3) is 4.77. The van der Waals surface area contributed by atoms with Gasteiger partial charge in [0.1, 0.15) is 0 Å². The number of hydrogen-bond donors (Lipinski definition) is 3. The van der Waals surface area contributed by atoms with Gasteiger partial charge >= 0.3 is 0 Å². The number of carbonyl (C=O) groups is 1. The first kappa shape index (κ1) is 14.0. The number of nitrogens with one attached hydrogen (secondary N) is 1. The number of rotatable bonds is 6. The van der Waals surface area contributed by atoms with Crippen molar-refractivity contribution in [3.63, 3.8) is 0 Å². The van der Waals surface area contributed by atoms with Crippen LogP contribution in [0.3, 0.4) is 0 Å². The zero-order valence-corrected chi connectivity index (χ0v) is 10.7. The molecule has 0 spiro atoms. The maximum absolute atomic E-state index is 11.2. The van der Waals surface area contributed by atoms with Gasteiger partial charge in [0, 0.05) is 11.0 Å². The molecule has 0 aromatic heterocycles. The average molecular weight is 254 g/mol. The molecular formula is C12H18N2O2S. The smallest absolute Gasteiger partial charge is 0.238 e. The highest BCUT2D eigenvalue weighted by molar-refractivity contribution is 7.99. The quantitative estimate of drug-likeness (QED) is 0.399. The van der Waals surface area contributed by atoms with Crippen molar-refractivity contribution in [2.24, 2.45) is 5.84 Å². The normalized spacial score (nSPS) is 12.2. The Morgan fingerprint density at radius 2 is 2.12 bits per heavy atom. The molecule has 94 valence electrons. The summed E-state index contributed by atoms with van der Waals surface area (Å²) in [6, 6.07) is 7.77. The van der Waals surface area contributed by atoms with Gasteiger partial charge in [0.05, 0.1) is 13.0 Å². The summed E-state index contributed by atoms with van der Waals surface area (Å²) in [6.45, 7) is 2.13. The Hall–Kier alpha value is -1.04. The molecule has 0 aliphatic rings. The minimum absolute atomic E-state index is 0.163. The van der Waals surface area contributed by atoms with Crippen LogP contribution in [0.4, 0.5) is 0 Å². The Labute approximate surface area is 106 Å². The van der Waals surface area contributed by atoms with Gasteiger partial charge in [0.15, 0.2) is 0 Å². The molecule has 1 amide bonds. The second-order valence-corrected chi connectivity index (χ2v) is 5.24. The average Bonchev–Trinajstić information content (AvgIpc) is 2.37. The Kier molecular flexibility index (Phi) is 6.04. The highest BCUT2D eigenvalue weighted by Crippen LogP contribution is 2.20. The summed E-state index contributed by atoms with van der Waals surface area (Å²) < 4.78 is 0. The van der Waals surface area contributed by atoms with Gasteiger partial charge in [-0.2, -0.15) is 11.8 Å². The number of aliphatic hydroxyl groups excluding tert-OH is 1. The molecular weight excluding hydrogens is 236 g/mol. The van der Waals surface area contributed by atoms with Gasteiger partial charge in [-0.15, -0.1) is 0 Å². The van der Waals surface area contributed by atoms with Crippen molar-refractivity contribution in [3.05, 3.63) is 35.4 Å². The molecule has 1 aromatic carbocycles. The van der Waals surface area contributed by atoms with Gasteiger partial charge < -0.3 is 5.11 Å². The molecule has 4 N–H and O–H groups in total. The van der Waals surface area contributed by atoms with Crippen LogP contribution >= 0.6 is 11.8 Å². The van der Waals surface area contributed by atoms with Crippen molar-refractivity contribution >= 4 is 17.7 Å². The molecule has 0 radical (unpaired) electrons. The summed E-state index contributed by atoms with van der Waals surface area (Å²) >= 11 is 1.67. The zero-order chi connectivity index (χ0) is 12.7. The Morgan fingerprint density at radius 3 is 2.71 bits per heavy atom. The molecule has 0 heterocycles. The Bertz CT molecular complexity index is 371. The lowest BCUT2D eigenvalue weighted by Crippen LogP contribution is -2.31. The SMILES string of the molecule is CC(CO)SCc1ccccc1CC(=O)NN. The topological polar surface area (TPSA) is 75.3 Å². The van der Waals surface area contributed by atoms with E-state index in [4.69, 9.17) is 10.9 Å². The van der Waals surface area contributed by atoms with Crippen molar-refractivity contribution in [1.82, 2.24) is 5.43 Å². The minimum atomic E-state index is -0.197. The van der Waals surface area contributed by atoms with E-state index in [0.717, 1.165) is 16.9 Å². The van der Waals surface area contributed by atoms with Crippen LogP contribution in [0.5, 0.6) is 0 Å². The Balaban J connectivity index is 2.67. The largest absolute Gasteiger partial charge is 0.395 e. The number of nitrogens with two attached hydrogens (primary N) is 1. The van der Waals surface area contributed by atoms with E-state index in [1.807, 2.05) is 31.2 Å². The summed E-state index contributed by atoms with van der Waals surface area (Å²) in [5.41, 5.74) is 4.22. The fourth-order valence-electron chi connectivity index (χ4n) is 1.38. The highest BCUT2D eigenvalue weighted by Gasteiger charge is 2.08. The van der Waals surface area contributed by atoms with E-state index in [9.17, 15) is 4.79 Å². The van der Waals surface area contributed by atoms with Crippen molar-refractivity contribution in [1.29, 1.82) is 0 Å². The van der Waals surface area contributed by atoms with Gasteiger partial charge in [0.25, 0.3) is 0 Å². The molecule has 1 rings (SSSR count). The highest BCUT2D eigenvalue weighted by atomic mass is 32.2. The van der Waals surface area contributed by atoms with E-state index in [1.165, 1.54) is 0 Å². The first-order valence-electron chi connectivity index (χ1n) is 5.46. The molecule has 1 atom stereocenters. The lowest BCUT2D eigenvalue weighted by atomic mass is 10.1. The fourth-order valence-corrected chi connectivity index (χ4v) is 2.23. The van der Waals surface area contributed by atoms with Crippen LogP contribution in [0.2, 0.25) is 0 Å². The van der Waals surface area contributed by atoms with Crippen LogP contribution in [0.25, 0.3) is 0 Å². The van der Waals surface area contributed by atoms with Crippen LogP contribution in [0, 0.1) is 0 Å². The van der Waals surface area contributed by atoms with E-state index in [1.54, 1.807) is 11.8 Å². The number of hydrazine groups is 1. The van der Waals surface area contributed by atoms with Crippen molar-refractivity contribution in [3.8, 4) is 0 Å². The second kappa shape index (κ2) is 7.32. The molecule has 0 fully saturated rings. The summed E-state index contributed by atoms with van der Waals surface area (Å²) in [5.74, 6) is 5.67. The zero-order valence-electron chi connectivity index (χ0n) is 9.85. The van der Waals surface area contributed by atoms with Crippen LogP contribution in [-0.4, -0.2) is 22.9 Å². The van der Waals surface area contributed by atoms with Crippen molar-refractivity contribution < 1.29 is 9.90 Å². The lowest BCUT2D eigenvalue weighted by molar-refractivity contribution is -0.120. The summed E-state index contributed by atoms with van der Waals surface area (Å²) in [4.78, 5) is 11.2. The third-order valence-corrected chi connectivity index (χ3v) is 3.61. The van der Waals surface area contributed by atoms with E-state index in [-0.39, 0.29) is 17.8 Å². The molecule has 0 bridgehead atoms. The maximum atomic E-state index is 11.2. The second-order valence-electron chi connectivity index (χ2n) is 3.82. The number of amides is 1. The minimum Gasteiger partial charge on any atom is -0.395 e. The maximum Gasteiger partial charge on any atom is 0.238 e. The van der Waals surface area contributed by atoms with Crippen LogP contribution in [-0.2, 0) is 17.0 Å². The molecule has 17 heavy (non-hydrogen) atoms. The third-order valence-electron chi connectivity index (χ3n) is 2.41. The van der Waals surface area contributed by atoms with Gasteiger partial charge in [-0.1, -0.05) is 31.2 Å². The number of hydrogen-bond acceptors (Lipinski definition) is 4. The fraction of sp³-hybridized carbons (Fsp3) is 0.417. The first-order chi connectivity index (χ1) is 8.17. The molecule has 0 saturated carbocycles. The van der Waals surface area contributed by atoms with Crippen LogP contribution in [0.1, 0.15) is 18.1 Å². The van der Waals surface area contributed by atoms with Crippen LogP contribution < -0.4 is 11.3 Å². The molecule has 4 nitrogen and oxygen atoms in total. The standard InChI is InChI=1S/C12H18N2O2S/c1-9(7-15)17-8-11-5-3-2-4-10(11)6-12(16)14-13/h2-5,9,15H,6-8,13H2,1H3,(H,14,16). The number of aliphatic hydroxyl groups is 1. The van der Waals surface area contributed by atoms with E-state index >= 15 is 0 Å². The van der Waals surface area contributed by atoms with Crippen LogP contribution in [0.15, 0.2) is 24.3 Å². The monoisotopic (exact) mass is 254 g/mol. The number of carbonyl (C=O) groups excluding carboxylic acids is 1. The van der Waals surface area contributed by atoms with E-state index in [2.05, 4.69) is 5.43 Å². The predicted octanol–water partition coefficient (Wildman–Crippen LogP) is 0.833. The first-order valence-corrected chi connectivity index (χ1v) is 6.51. The van der Waals surface area contributed by atoms with Crippen molar-refractivity contribution in [2.45, 2.75) is 24.3 Å². The van der Waals surface area contributed by atoms with Gasteiger partial charge in [-0.05, 0) is 11.1 Å². The summed E-state index contributed by atoms with van der Waals surface area (Å²) in [6.07, 6.45) is 0.292. The van der Waals surface area contributed by atoms with Gasteiger partial charge in [0.2, 0.25) is 5.91 Å². The predicted molar refractivity (Wildman–Crippen MR) is 70.3 cm³/mol. The molecule has 1 unspecified atom stereocenters. The molecule has 0 saturated heterocycles. The molecule has 5 heteroatoms. The molecule has 0 aliphatic carbocycles. The number of thioether (sulfide) groups is 1. The van der Waals surface area contributed by atoms with E-state index in [0.29, 0.717) is 6.42 Å². The lowest BCUT2D eigenvalue weighted by Gasteiger charge is -2.11. The van der Waals surface area contributed by atoms with Crippen molar-refractivity contribution in [2.75, 3.05) is 6.61 Å². The molecule has 1 aromatic rings. The number of benzene rings is 1. The van der Waals surface area contributed by atoms with Gasteiger partial charge in [-0.25, -0.2) is 5.84 Å². The Morgan fingerprint density at radius 1 is 1.47 bits per heavy atom. The van der Waals surface area contributed by atoms with E-state index < -0.39 is 0 Å². The van der Waals surface area contributed by atoms with Gasteiger partial charge in [-0.3, -0.25) is 10.2 Å². The summed E-state index contributed by atoms with van der Waals surface area (Å²) in [5, 5.41) is 9.16. The summed E-state index contributed by atoms with van der Waals surface area (Å²) in [7, 11) is 0.